The van der Waals surface area contributed by atoms with E-state index in [1.54, 1.807) is 45.0 Å². The number of rotatable bonds is 7. The van der Waals surface area contributed by atoms with Gasteiger partial charge in [-0.15, -0.1) is 0 Å². The highest BCUT2D eigenvalue weighted by Gasteiger charge is 2.21. The van der Waals surface area contributed by atoms with Gasteiger partial charge in [0.1, 0.15) is 18.0 Å². The second-order valence-electron chi connectivity index (χ2n) is 5.96. The van der Waals surface area contributed by atoms with E-state index in [4.69, 9.17) is 13.7 Å². The summed E-state index contributed by atoms with van der Waals surface area (Å²) in [5, 5.41) is 2.54. The van der Waals surface area contributed by atoms with Gasteiger partial charge in [0.25, 0.3) is 10.1 Å². The molecule has 0 aliphatic heterocycles. The molecule has 1 aromatic rings. The molecule has 0 fully saturated rings. The normalized spacial score (nSPS) is 13.2. The maximum atomic E-state index is 11.8. The summed E-state index contributed by atoms with van der Waals surface area (Å²) in [6, 6.07) is 8.27. The highest BCUT2D eigenvalue weighted by molar-refractivity contribution is 7.85. The summed E-state index contributed by atoms with van der Waals surface area (Å²) in [4.78, 5) is 11.8. The Labute approximate surface area is 137 Å². The zero-order valence-electron chi connectivity index (χ0n) is 13.7. The minimum absolute atomic E-state index is 0.0405. The maximum absolute atomic E-state index is 11.8. The van der Waals surface area contributed by atoms with Crippen molar-refractivity contribution in [3.8, 4) is 5.75 Å². The fourth-order valence-electron chi connectivity index (χ4n) is 1.52. The van der Waals surface area contributed by atoms with E-state index in [2.05, 4.69) is 5.32 Å². The largest absolute Gasteiger partial charge is 0.491 e. The van der Waals surface area contributed by atoms with Gasteiger partial charge in [-0.3, -0.25) is 4.18 Å². The molecule has 1 rings (SSSR count). The molecule has 8 heteroatoms. The Hall–Kier alpha value is -1.80. The minimum Gasteiger partial charge on any atom is -0.491 e. The van der Waals surface area contributed by atoms with Crippen molar-refractivity contribution < 1.29 is 26.9 Å². The Morgan fingerprint density at radius 2 is 1.78 bits per heavy atom. The number of ether oxygens (including phenoxy) is 2. The van der Waals surface area contributed by atoms with Crippen LogP contribution in [0.25, 0.3) is 0 Å². The summed E-state index contributed by atoms with van der Waals surface area (Å²) >= 11 is 0. The second-order valence-corrected chi connectivity index (χ2v) is 7.60. The summed E-state index contributed by atoms with van der Waals surface area (Å²) in [6.07, 6.45) is 0.270. The van der Waals surface area contributed by atoms with Crippen LogP contribution in [0.2, 0.25) is 0 Å². The molecule has 130 valence electrons. The molecule has 7 nitrogen and oxygen atoms in total. The summed E-state index contributed by atoms with van der Waals surface area (Å²) < 4.78 is 37.6. The molecule has 0 saturated carbocycles. The molecule has 0 saturated heterocycles. The monoisotopic (exact) mass is 345 g/mol. The average molecular weight is 345 g/mol. The van der Waals surface area contributed by atoms with E-state index in [0.717, 1.165) is 6.26 Å². The molecule has 23 heavy (non-hydrogen) atoms. The number of carbonyl (C=O) groups excluding carboxylic acids is 1. The van der Waals surface area contributed by atoms with Crippen LogP contribution in [0.4, 0.5) is 4.79 Å². The van der Waals surface area contributed by atoms with E-state index in [1.165, 1.54) is 0 Å². The Bertz CT molecular complexity index is 594. The first-order valence-electron chi connectivity index (χ1n) is 7.07. The van der Waals surface area contributed by atoms with Crippen molar-refractivity contribution in [2.45, 2.75) is 32.4 Å². The number of hydrogen-bond donors (Lipinski definition) is 1. The first kappa shape index (κ1) is 19.2. The van der Waals surface area contributed by atoms with Gasteiger partial charge >= 0.3 is 6.09 Å². The molecule has 1 N–H and O–H groups in total. The van der Waals surface area contributed by atoms with Crippen molar-refractivity contribution in [3.05, 3.63) is 30.3 Å². The first-order valence-corrected chi connectivity index (χ1v) is 8.88. The van der Waals surface area contributed by atoms with Gasteiger partial charge in [-0.1, -0.05) is 18.2 Å². The molecule has 0 aliphatic rings. The van der Waals surface area contributed by atoms with Gasteiger partial charge in [-0.2, -0.15) is 8.42 Å². The van der Waals surface area contributed by atoms with Gasteiger partial charge in [-0.25, -0.2) is 4.79 Å². The van der Waals surface area contributed by atoms with Crippen molar-refractivity contribution in [3.63, 3.8) is 0 Å². The summed E-state index contributed by atoms with van der Waals surface area (Å²) in [5.74, 6) is 0.600. The summed E-state index contributed by atoms with van der Waals surface area (Å²) in [5.41, 5.74) is -0.660. The maximum Gasteiger partial charge on any atom is 0.408 e. The highest BCUT2D eigenvalue weighted by atomic mass is 32.2. The van der Waals surface area contributed by atoms with Crippen molar-refractivity contribution in [2.24, 2.45) is 0 Å². The van der Waals surface area contributed by atoms with Crippen LogP contribution in [0.3, 0.4) is 0 Å². The van der Waals surface area contributed by atoms with Crippen LogP contribution in [0, 0.1) is 0 Å². The molecule has 1 atom stereocenters. The van der Waals surface area contributed by atoms with Gasteiger partial charge in [0.15, 0.2) is 0 Å². The minimum atomic E-state index is -3.62. The topological polar surface area (TPSA) is 90.9 Å². The Morgan fingerprint density at radius 3 is 2.30 bits per heavy atom. The quantitative estimate of drug-likeness (QED) is 0.760. The van der Waals surface area contributed by atoms with Crippen molar-refractivity contribution in [1.29, 1.82) is 0 Å². The van der Waals surface area contributed by atoms with Crippen LogP contribution in [-0.2, 0) is 19.0 Å². The zero-order valence-corrected chi connectivity index (χ0v) is 14.6. The first-order chi connectivity index (χ1) is 10.6. The Balaban J connectivity index is 2.62. The van der Waals surface area contributed by atoms with Crippen LogP contribution < -0.4 is 10.1 Å². The molecule has 0 bridgehead atoms. The van der Waals surface area contributed by atoms with Gasteiger partial charge in [0.2, 0.25) is 0 Å². The smallest absolute Gasteiger partial charge is 0.408 e. The van der Waals surface area contributed by atoms with Gasteiger partial charge in [0, 0.05) is 0 Å². The van der Waals surface area contributed by atoms with Crippen LogP contribution in [0.5, 0.6) is 5.75 Å². The summed E-state index contributed by atoms with van der Waals surface area (Å²) in [7, 11) is -3.62. The van der Waals surface area contributed by atoms with E-state index >= 15 is 0 Å². The van der Waals surface area contributed by atoms with Gasteiger partial charge in [0.05, 0.1) is 18.9 Å². The molecule has 0 spiro atoms. The Morgan fingerprint density at radius 1 is 1.17 bits per heavy atom. The lowest BCUT2D eigenvalue weighted by atomic mass is 10.2. The number of hydrogen-bond acceptors (Lipinski definition) is 6. The molecule has 0 heterocycles. The van der Waals surface area contributed by atoms with E-state index in [9.17, 15) is 13.2 Å². The van der Waals surface area contributed by atoms with Crippen LogP contribution in [-0.4, -0.2) is 45.6 Å². The predicted octanol–water partition coefficient (Wildman–Crippen LogP) is 1.93. The van der Waals surface area contributed by atoms with Crippen LogP contribution in [0.1, 0.15) is 20.8 Å². The van der Waals surface area contributed by atoms with E-state index in [0.29, 0.717) is 5.75 Å². The third kappa shape index (κ3) is 9.75. The van der Waals surface area contributed by atoms with Crippen molar-refractivity contribution in [1.82, 2.24) is 5.32 Å². The molecule has 0 aliphatic carbocycles. The van der Waals surface area contributed by atoms with E-state index < -0.39 is 27.9 Å². The molecular weight excluding hydrogens is 322 g/mol. The SMILES string of the molecule is CC(C)(C)OC(=O)N[C@@H](COc1ccccc1)COS(C)(=O)=O. The standard InChI is InChI=1S/C15H23NO6S/c1-15(2,3)22-14(17)16-12(11-21-23(4,18)19)10-20-13-8-6-5-7-9-13/h5-9,12H,10-11H2,1-4H3,(H,16,17)/t12-/m0/s1. The highest BCUT2D eigenvalue weighted by Crippen LogP contribution is 2.10. The van der Waals surface area contributed by atoms with Crippen molar-refractivity contribution in [2.75, 3.05) is 19.5 Å². The van der Waals surface area contributed by atoms with Gasteiger partial charge in [-0.05, 0) is 32.9 Å². The molecule has 0 unspecified atom stereocenters. The second kappa shape index (κ2) is 8.16. The number of amides is 1. The van der Waals surface area contributed by atoms with Crippen LogP contribution >= 0.6 is 0 Å². The fourth-order valence-corrected chi connectivity index (χ4v) is 1.94. The molecule has 0 aromatic heterocycles. The third-order valence-corrected chi connectivity index (χ3v) is 2.96. The predicted molar refractivity (Wildman–Crippen MR) is 85.9 cm³/mol. The lowest BCUT2D eigenvalue weighted by Crippen LogP contribution is -2.45. The van der Waals surface area contributed by atoms with Gasteiger partial charge < -0.3 is 14.8 Å². The van der Waals surface area contributed by atoms with Crippen molar-refractivity contribution >= 4 is 16.2 Å². The zero-order chi connectivity index (χ0) is 17.5. The average Bonchev–Trinajstić information content (AvgIpc) is 2.40. The molecule has 0 radical (unpaired) electrons. The number of para-hydroxylation sites is 1. The summed E-state index contributed by atoms with van der Waals surface area (Å²) in [6.45, 7) is 4.99. The number of alkyl carbamates (subject to hydrolysis) is 1. The third-order valence-electron chi connectivity index (χ3n) is 2.40. The lowest BCUT2D eigenvalue weighted by Gasteiger charge is -2.23. The molecule has 1 amide bonds. The lowest BCUT2D eigenvalue weighted by molar-refractivity contribution is 0.0466. The number of carbonyl (C=O) groups is 1. The van der Waals surface area contributed by atoms with Crippen LogP contribution in [0.15, 0.2) is 30.3 Å². The number of benzene rings is 1. The number of nitrogens with one attached hydrogen (secondary N) is 1. The van der Waals surface area contributed by atoms with E-state index in [1.807, 2.05) is 6.07 Å². The molecule has 1 aromatic carbocycles. The Kier molecular flexibility index (Phi) is 6.83. The van der Waals surface area contributed by atoms with E-state index in [-0.39, 0.29) is 13.2 Å². The molecular formula is C15H23NO6S. The fraction of sp³-hybridized carbons (Fsp3) is 0.533.